The standard InChI is InChI=1S/C21H20BrN3O/c1-13(2)20-17-18(15-8-10-16(22)11-9-15)23-21(26)19(17)24-25(20)12-14-6-4-3-5-7-14/h3-11,13,18H,12H2,1-2H3,(H,23,26). The normalized spacial score (nSPS) is 16.0. The summed E-state index contributed by atoms with van der Waals surface area (Å²) >= 11 is 3.47. The lowest BCUT2D eigenvalue weighted by molar-refractivity contribution is 0.0954. The largest absolute Gasteiger partial charge is 0.340 e. The number of carbonyl (C=O) groups is 1. The van der Waals surface area contributed by atoms with Crippen LogP contribution < -0.4 is 5.32 Å². The Labute approximate surface area is 161 Å². The summed E-state index contributed by atoms with van der Waals surface area (Å²) in [4.78, 5) is 12.6. The van der Waals surface area contributed by atoms with Gasteiger partial charge in [-0.05, 0) is 29.2 Å². The highest BCUT2D eigenvalue weighted by molar-refractivity contribution is 9.10. The molecule has 0 radical (unpaired) electrons. The molecule has 3 aromatic rings. The molecule has 26 heavy (non-hydrogen) atoms. The van der Waals surface area contributed by atoms with E-state index < -0.39 is 0 Å². The third kappa shape index (κ3) is 2.97. The molecule has 1 aliphatic rings. The molecule has 0 saturated heterocycles. The van der Waals surface area contributed by atoms with Crippen molar-refractivity contribution >= 4 is 21.8 Å². The van der Waals surface area contributed by atoms with E-state index in [0.717, 1.165) is 21.3 Å². The molecule has 1 aliphatic heterocycles. The van der Waals surface area contributed by atoms with Crippen LogP contribution in [-0.4, -0.2) is 15.7 Å². The van der Waals surface area contributed by atoms with Gasteiger partial charge in [0.05, 0.1) is 12.6 Å². The van der Waals surface area contributed by atoms with E-state index in [-0.39, 0.29) is 17.9 Å². The predicted octanol–water partition coefficient (Wildman–Crippen LogP) is 4.65. The van der Waals surface area contributed by atoms with Crippen LogP contribution in [0.25, 0.3) is 0 Å². The van der Waals surface area contributed by atoms with E-state index in [2.05, 4.69) is 52.3 Å². The Morgan fingerprint density at radius 3 is 2.46 bits per heavy atom. The smallest absolute Gasteiger partial charge is 0.272 e. The van der Waals surface area contributed by atoms with E-state index in [1.807, 2.05) is 47.1 Å². The second-order valence-corrected chi connectivity index (χ2v) is 7.82. The quantitative estimate of drug-likeness (QED) is 0.681. The molecular weight excluding hydrogens is 390 g/mol. The van der Waals surface area contributed by atoms with Gasteiger partial charge in [0.2, 0.25) is 0 Å². The zero-order valence-corrected chi connectivity index (χ0v) is 16.3. The van der Waals surface area contributed by atoms with Gasteiger partial charge in [-0.15, -0.1) is 0 Å². The first-order chi connectivity index (χ1) is 12.5. The first-order valence-corrected chi connectivity index (χ1v) is 9.54. The van der Waals surface area contributed by atoms with Crippen molar-refractivity contribution in [2.24, 2.45) is 0 Å². The van der Waals surface area contributed by atoms with Gasteiger partial charge < -0.3 is 5.32 Å². The van der Waals surface area contributed by atoms with Crippen LogP contribution in [0.3, 0.4) is 0 Å². The summed E-state index contributed by atoms with van der Waals surface area (Å²) in [7, 11) is 0. The van der Waals surface area contributed by atoms with Crippen molar-refractivity contribution in [2.75, 3.05) is 0 Å². The minimum atomic E-state index is -0.146. The summed E-state index contributed by atoms with van der Waals surface area (Å²) in [6.07, 6.45) is 0. The van der Waals surface area contributed by atoms with Gasteiger partial charge in [0.15, 0.2) is 5.69 Å². The third-order valence-corrected chi connectivity index (χ3v) is 5.26. The first-order valence-electron chi connectivity index (χ1n) is 8.75. The number of rotatable bonds is 4. The van der Waals surface area contributed by atoms with Gasteiger partial charge in [0.25, 0.3) is 5.91 Å². The van der Waals surface area contributed by atoms with Crippen LogP contribution in [-0.2, 0) is 6.54 Å². The zero-order chi connectivity index (χ0) is 18.3. The van der Waals surface area contributed by atoms with Crippen molar-refractivity contribution in [3.63, 3.8) is 0 Å². The third-order valence-electron chi connectivity index (χ3n) is 4.73. The van der Waals surface area contributed by atoms with Crippen LogP contribution >= 0.6 is 15.9 Å². The van der Waals surface area contributed by atoms with E-state index in [1.54, 1.807) is 0 Å². The molecule has 0 saturated carbocycles. The number of halogens is 1. The number of amides is 1. The Morgan fingerprint density at radius 2 is 1.81 bits per heavy atom. The lowest BCUT2D eigenvalue weighted by atomic mass is 9.95. The minimum Gasteiger partial charge on any atom is -0.340 e. The fourth-order valence-corrected chi connectivity index (χ4v) is 3.87. The molecule has 2 aromatic carbocycles. The molecule has 132 valence electrons. The molecule has 1 amide bonds. The summed E-state index contributed by atoms with van der Waals surface area (Å²) in [5.41, 5.74) is 4.94. The fourth-order valence-electron chi connectivity index (χ4n) is 3.60. The van der Waals surface area contributed by atoms with Crippen molar-refractivity contribution in [3.8, 4) is 0 Å². The maximum atomic E-state index is 12.6. The molecule has 1 unspecified atom stereocenters. The van der Waals surface area contributed by atoms with Crippen LogP contribution in [0.1, 0.15) is 58.7 Å². The maximum absolute atomic E-state index is 12.6. The number of nitrogens with one attached hydrogen (secondary N) is 1. The SMILES string of the molecule is CC(C)c1c2c(nn1Cc1ccccc1)C(=O)NC2c1ccc(Br)cc1. The summed E-state index contributed by atoms with van der Waals surface area (Å²) in [5, 5.41) is 7.77. The monoisotopic (exact) mass is 409 g/mol. The van der Waals surface area contributed by atoms with E-state index >= 15 is 0 Å². The molecule has 1 N–H and O–H groups in total. The molecule has 0 bridgehead atoms. The molecule has 1 atom stereocenters. The molecule has 0 fully saturated rings. The van der Waals surface area contributed by atoms with Crippen molar-refractivity contribution in [1.82, 2.24) is 15.1 Å². The Morgan fingerprint density at radius 1 is 1.12 bits per heavy atom. The van der Waals surface area contributed by atoms with Crippen LogP contribution in [0.4, 0.5) is 0 Å². The van der Waals surface area contributed by atoms with E-state index in [0.29, 0.717) is 12.2 Å². The van der Waals surface area contributed by atoms with Gasteiger partial charge in [-0.1, -0.05) is 72.2 Å². The highest BCUT2D eigenvalue weighted by atomic mass is 79.9. The maximum Gasteiger partial charge on any atom is 0.272 e. The molecule has 4 rings (SSSR count). The van der Waals surface area contributed by atoms with Gasteiger partial charge in [0, 0.05) is 15.7 Å². The molecule has 1 aromatic heterocycles. The number of hydrogen-bond acceptors (Lipinski definition) is 2. The number of carbonyl (C=O) groups excluding carboxylic acids is 1. The van der Waals surface area contributed by atoms with E-state index in [1.165, 1.54) is 5.56 Å². The van der Waals surface area contributed by atoms with Crippen LogP contribution in [0, 0.1) is 0 Å². The lowest BCUT2D eigenvalue weighted by Gasteiger charge is -2.18. The Hall–Kier alpha value is -2.40. The van der Waals surface area contributed by atoms with Crippen molar-refractivity contribution in [3.05, 3.63) is 87.1 Å². The molecular formula is C21H20BrN3O. The molecule has 2 heterocycles. The van der Waals surface area contributed by atoms with Gasteiger partial charge in [0.1, 0.15) is 0 Å². The molecule has 5 heteroatoms. The summed E-state index contributed by atoms with van der Waals surface area (Å²) in [6.45, 7) is 4.97. The highest BCUT2D eigenvalue weighted by Crippen LogP contribution is 2.37. The predicted molar refractivity (Wildman–Crippen MR) is 105 cm³/mol. The van der Waals surface area contributed by atoms with E-state index in [9.17, 15) is 4.79 Å². The average molecular weight is 410 g/mol. The number of benzene rings is 2. The van der Waals surface area contributed by atoms with Gasteiger partial charge in [-0.3, -0.25) is 9.48 Å². The Bertz CT molecular complexity index is 945. The molecule has 0 spiro atoms. The van der Waals surface area contributed by atoms with Crippen molar-refractivity contribution in [1.29, 1.82) is 0 Å². The second kappa shape index (κ2) is 6.72. The number of nitrogens with zero attached hydrogens (tertiary/aromatic N) is 2. The topological polar surface area (TPSA) is 46.9 Å². The highest BCUT2D eigenvalue weighted by Gasteiger charge is 2.37. The van der Waals surface area contributed by atoms with Crippen molar-refractivity contribution < 1.29 is 4.79 Å². The van der Waals surface area contributed by atoms with Gasteiger partial charge >= 0.3 is 0 Å². The zero-order valence-electron chi connectivity index (χ0n) is 14.7. The van der Waals surface area contributed by atoms with Crippen LogP contribution in [0.5, 0.6) is 0 Å². The average Bonchev–Trinajstić information content (AvgIpc) is 3.14. The first kappa shape index (κ1) is 17.0. The second-order valence-electron chi connectivity index (χ2n) is 6.90. The summed E-state index contributed by atoms with van der Waals surface area (Å²) in [6, 6.07) is 18.2. The Kier molecular flexibility index (Phi) is 4.41. The van der Waals surface area contributed by atoms with E-state index in [4.69, 9.17) is 0 Å². The summed E-state index contributed by atoms with van der Waals surface area (Å²) < 4.78 is 3.02. The fraction of sp³-hybridized carbons (Fsp3) is 0.238. The molecule has 4 nitrogen and oxygen atoms in total. The minimum absolute atomic E-state index is 0.0957. The van der Waals surface area contributed by atoms with Crippen LogP contribution in [0.15, 0.2) is 59.1 Å². The number of hydrogen-bond donors (Lipinski definition) is 1. The lowest BCUT2D eigenvalue weighted by Crippen LogP contribution is -2.23. The summed E-state index contributed by atoms with van der Waals surface area (Å²) in [5.74, 6) is 0.169. The van der Waals surface area contributed by atoms with Gasteiger partial charge in [-0.2, -0.15) is 5.10 Å². The van der Waals surface area contributed by atoms with Gasteiger partial charge in [-0.25, -0.2) is 0 Å². The number of aromatic nitrogens is 2. The van der Waals surface area contributed by atoms with Crippen molar-refractivity contribution in [2.45, 2.75) is 32.4 Å². The van der Waals surface area contributed by atoms with Crippen LogP contribution in [0.2, 0.25) is 0 Å². The molecule has 0 aliphatic carbocycles. The number of fused-ring (bicyclic) bond motifs is 1. The Balaban J connectivity index is 1.81.